The zero-order valence-electron chi connectivity index (χ0n) is 14.9. The van der Waals surface area contributed by atoms with Crippen LogP contribution in [0.1, 0.15) is 85.0 Å². The molecule has 1 heteroatoms. The standard InChI is InChI=1S/C21H34O/c1-14(22)17-9-10-18-16-8-7-15-6-4-5-12-20(15,2)19(16)11-13-21(17,18)3/h15-19H,4-13H2,1-3H3/t15-,16+,17+,18+,19+,20+,21-/m1/s1. The minimum absolute atomic E-state index is 0.338. The van der Waals surface area contributed by atoms with Crippen molar-refractivity contribution in [3.05, 3.63) is 0 Å². The Morgan fingerprint density at radius 2 is 1.59 bits per heavy atom. The minimum atomic E-state index is 0.338. The molecule has 4 rings (SSSR count). The molecule has 124 valence electrons. The molecule has 4 aliphatic carbocycles. The van der Waals surface area contributed by atoms with E-state index in [2.05, 4.69) is 13.8 Å². The number of rotatable bonds is 1. The van der Waals surface area contributed by atoms with Gasteiger partial charge in [0.2, 0.25) is 0 Å². The van der Waals surface area contributed by atoms with Gasteiger partial charge in [0, 0.05) is 5.92 Å². The summed E-state index contributed by atoms with van der Waals surface area (Å²) in [5.41, 5.74) is 0.974. The Morgan fingerprint density at radius 3 is 2.36 bits per heavy atom. The molecule has 0 radical (unpaired) electrons. The molecule has 0 N–H and O–H groups in total. The summed E-state index contributed by atoms with van der Waals surface area (Å²) >= 11 is 0. The quantitative estimate of drug-likeness (QED) is 0.614. The van der Waals surface area contributed by atoms with Gasteiger partial charge in [0.05, 0.1) is 0 Å². The van der Waals surface area contributed by atoms with Gasteiger partial charge in [0.15, 0.2) is 0 Å². The lowest BCUT2D eigenvalue weighted by molar-refractivity contribution is -0.133. The van der Waals surface area contributed by atoms with Crippen molar-refractivity contribution in [2.45, 2.75) is 85.0 Å². The molecule has 0 bridgehead atoms. The molecule has 0 aliphatic heterocycles. The molecule has 0 aromatic carbocycles. The first-order chi connectivity index (χ1) is 10.5. The third-order valence-corrected chi connectivity index (χ3v) is 9.07. The molecular formula is C21H34O. The van der Waals surface area contributed by atoms with Crippen LogP contribution in [0.5, 0.6) is 0 Å². The van der Waals surface area contributed by atoms with Gasteiger partial charge in [-0.05, 0) is 92.8 Å². The van der Waals surface area contributed by atoms with E-state index < -0.39 is 0 Å². The highest BCUT2D eigenvalue weighted by Crippen LogP contribution is 2.67. The Labute approximate surface area is 136 Å². The second kappa shape index (κ2) is 5.08. The average molecular weight is 303 g/mol. The molecule has 0 saturated heterocycles. The Kier molecular flexibility index (Phi) is 3.51. The fourth-order valence-corrected chi connectivity index (χ4v) is 7.96. The van der Waals surface area contributed by atoms with E-state index in [0.29, 0.717) is 22.5 Å². The van der Waals surface area contributed by atoms with Gasteiger partial charge in [-0.1, -0.05) is 26.7 Å². The summed E-state index contributed by atoms with van der Waals surface area (Å²) in [7, 11) is 0. The summed E-state index contributed by atoms with van der Waals surface area (Å²) < 4.78 is 0. The van der Waals surface area contributed by atoms with Gasteiger partial charge in [-0.2, -0.15) is 0 Å². The van der Waals surface area contributed by atoms with Gasteiger partial charge in [-0.15, -0.1) is 0 Å². The first kappa shape index (κ1) is 15.2. The largest absolute Gasteiger partial charge is 0.300 e. The summed E-state index contributed by atoms with van der Waals surface area (Å²) in [5, 5.41) is 0. The number of fused-ring (bicyclic) bond motifs is 5. The van der Waals surface area contributed by atoms with E-state index in [1.807, 2.05) is 6.92 Å². The lowest BCUT2D eigenvalue weighted by Gasteiger charge is -2.60. The van der Waals surface area contributed by atoms with Gasteiger partial charge in [-0.25, -0.2) is 0 Å². The monoisotopic (exact) mass is 302 g/mol. The van der Waals surface area contributed by atoms with Crippen LogP contribution >= 0.6 is 0 Å². The smallest absolute Gasteiger partial charge is 0.133 e. The van der Waals surface area contributed by atoms with E-state index in [1.165, 1.54) is 64.2 Å². The summed E-state index contributed by atoms with van der Waals surface area (Å²) in [5.74, 6) is 4.60. The number of carbonyl (C=O) groups is 1. The summed E-state index contributed by atoms with van der Waals surface area (Å²) in [6, 6.07) is 0. The second-order valence-corrected chi connectivity index (χ2v) is 9.69. The zero-order valence-corrected chi connectivity index (χ0v) is 14.9. The van der Waals surface area contributed by atoms with Crippen LogP contribution in [0.4, 0.5) is 0 Å². The van der Waals surface area contributed by atoms with Crippen LogP contribution in [0.3, 0.4) is 0 Å². The molecule has 1 nitrogen and oxygen atoms in total. The Bertz CT molecular complexity index is 469. The van der Waals surface area contributed by atoms with Gasteiger partial charge < -0.3 is 0 Å². The predicted molar refractivity (Wildman–Crippen MR) is 90.5 cm³/mol. The Morgan fingerprint density at radius 1 is 0.818 bits per heavy atom. The minimum Gasteiger partial charge on any atom is -0.300 e. The van der Waals surface area contributed by atoms with Crippen molar-refractivity contribution >= 4 is 5.78 Å². The van der Waals surface area contributed by atoms with Crippen molar-refractivity contribution in [2.75, 3.05) is 0 Å². The molecule has 22 heavy (non-hydrogen) atoms. The highest BCUT2D eigenvalue weighted by Gasteiger charge is 2.60. The van der Waals surface area contributed by atoms with E-state index in [0.717, 1.165) is 23.7 Å². The van der Waals surface area contributed by atoms with Crippen molar-refractivity contribution in [1.29, 1.82) is 0 Å². The van der Waals surface area contributed by atoms with E-state index in [4.69, 9.17) is 0 Å². The van der Waals surface area contributed by atoms with Gasteiger partial charge in [-0.3, -0.25) is 4.79 Å². The van der Waals surface area contributed by atoms with E-state index in [-0.39, 0.29) is 0 Å². The van der Waals surface area contributed by atoms with Crippen molar-refractivity contribution in [1.82, 2.24) is 0 Å². The molecule has 7 atom stereocenters. The number of carbonyl (C=O) groups excluding carboxylic acids is 1. The van der Waals surface area contributed by atoms with Crippen LogP contribution < -0.4 is 0 Å². The lowest BCUT2D eigenvalue weighted by atomic mass is 9.45. The fourth-order valence-electron chi connectivity index (χ4n) is 7.96. The zero-order chi connectivity index (χ0) is 15.5. The SMILES string of the molecule is CC(=O)[C@@H]1CC[C@H]2[C@@H]3CC[C@H]4CCCC[C@]4(C)[C@H]3CC[C@]12C. The number of hydrogen-bond acceptors (Lipinski definition) is 1. The predicted octanol–water partition coefficient (Wildman–Crippen LogP) is 5.62. The molecule has 0 heterocycles. The first-order valence-electron chi connectivity index (χ1n) is 9.97. The Balaban J connectivity index is 1.63. The third kappa shape index (κ3) is 1.93. The lowest BCUT2D eigenvalue weighted by Crippen LogP contribution is -2.53. The van der Waals surface area contributed by atoms with Crippen molar-refractivity contribution in [2.24, 2.45) is 40.4 Å². The second-order valence-electron chi connectivity index (χ2n) is 9.69. The van der Waals surface area contributed by atoms with Crippen LogP contribution in [0, 0.1) is 40.4 Å². The fraction of sp³-hybridized carbons (Fsp3) is 0.952. The molecule has 4 saturated carbocycles. The molecule has 0 aromatic rings. The van der Waals surface area contributed by atoms with Crippen LogP contribution in [0.15, 0.2) is 0 Å². The van der Waals surface area contributed by atoms with E-state index in [1.54, 1.807) is 0 Å². The van der Waals surface area contributed by atoms with E-state index >= 15 is 0 Å². The topological polar surface area (TPSA) is 17.1 Å². The van der Waals surface area contributed by atoms with Crippen molar-refractivity contribution in [3.8, 4) is 0 Å². The normalized spacial score (nSPS) is 54.2. The number of hydrogen-bond donors (Lipinski definition) is 0. The highest BCUT2D eigenvalue weighted by molar-refractivity contribution is 5.79. The maximum absolute atomic E-state index is 12.2. The maximum atomic E-state index is 12.2. The third-order valence-electron chi connectivity index (χ3n) is 9.07. The molecule has 0 amide bonds. The number of Topliss-reactive ketones (excluding diaryl/α,β-unsaturated/α-hetero) is 1. The van der Waals surface area contributed by atoms with Crippen molar-refractivity contribution < 1.29 is 4.79 Å². The van der Waals surface area contributed by atoms with Crippen LogP contribution in [0.2, 0.25) is 0 Å². The van der Waals surface area contributed by atoms with Crippen molar-refractivity contribution in [3.63, 3.8) is 0 Å². The molecule has 0 unspecified atom stereocenters. The van der Waals surface area contributed by atoms with Crippen LogP contribution in [0.25, 0.3) is 0 Å². The molecule has 4 aliphatic rings. The van der Waals surface area contributed by atoms with Gasteiger partial charge in [0.1, 0.15) is 5.78 Å². The average Bonchev–Trinajstić information content (AvgIpc) is 2.84. The summed E-state index contributed by atoms with van der Waals surface area (Å²) in [6.45, 7) is 6.97. The highest BCUT2D eigenvalue weighted by atomic mass is 16.1. The molecule has 0 spiro atoms. The Hall–Kier alpha value is -0.330. The van der Waals surface area contributed by atoms with Gasteiger partial charge >= 0.3 is 0 Å². The van der Waals surface area contributed by atoms with Crippen LogP contribution in [-0.4, -0.2) is 5.78 Å². The first-order valence-corrected chi connectivity index (χ1v) is 9.97. The maximum Gasteiger partial charge on any atom is 0.133 e. The van der Waals surface area contributed by atoms with E-state index in [9.17, 15) is 4.79 Å². The molecule has 4 fully saturated rings. The van der Waals surface area contributed by atoms with Gasteiger partial charge in [0.25, 0.3) is 0 Å². The van der Waals surface area contributed by atoms with Crippen LogP contribution in [-0.2, 0) is 4.79 Å². The molecule has 0 aromatic heterocycles. The summed E-state index contributed by atoms with van der Waals surface area (Å²) in [6.07, 6.45) is 14.1. The number of ketones is 1. The molecular weight excluding hydrogens is 268 g/mol. The summed E-state index contributed by atoms with van der Waals surface area (Å²) in [4.78, 5) is 12.2.